The Hall–Kier alpha value is -5.59. The molecule has 3 aromatic carbocycles. The number of carbonyl (C=O) groups excluding carboxylic acids is 1. The molecule has 5 aromatic rings. The summed E-state index contributed by atoms with van der Waals surface area (Å²) in [5.74, 6) is -0.598. The van der Waals surface area contributed by atoms with Crippen LogP contribution in [0.2, 0.25) is 0 Å². The van der Waals surface area contributed by atoms with Gasteiger partial charge >= 0.3 is 6.18 Å². The first kappa shape index (κ1) is 29.5. The Morgan fingerprint density at radius 1 is 0.956 bits per heavy atom. The van der Waals surface area contributed by atoms with Gasteiger partial charge in [-0.05, 0) is 48.5 Å². The molecule has 13 heteroatoms. The fraction of sp³-hybridized carbons (Fsp3) is 0.156. The van der Waals surface area contributed by atoms with E-state index < -0.39 is 29.0 Å². The molecule has 0 saturated heterocycles. The van der Waals surface area contributed by atoms with Gasteiger partial charge in [-0.2, -0.15) is 13.2 Å². The van der Waals surface area contributed by atoms with Crippen LogP contribution in [0.25, 0.3) is 16.6 Å². The smallest absolute Gasteiger partial charge is 0.416 e. The number of aromatic nitrogens is 2. The lowest BCUT2D eigenvalue weighted by molar-refractivity contribution is -0.137. The Balaban J connectivity index is 1.28. The lowest BCUT2D eigenvalue weighted by atomic mass is 10.1. The number of methoxy groups -OCH3 is 2. The molecule has 1 N–H and O–H groups in total. The third-order valence-corrected chi connectivity index (χ3v) is 7.17. The summed E-state index contributed by atoms with van der Waals surface area (Å²) in [6.07, 6.45) is -1.25. The maximum Gasteiger partial charge on any atom is 0.416 e. The first-order chi connectivity index (χ1) is 21.6. The lowest BCUT2D eigenvalue weighted by Gasteiger charge is -2.15. The molecule has 3 heterocycles. The van der Waals surface area contributed by atoms with E-state index in [0.29, 0.717) is 34.4 Å². The Morgan fingerprint density at radius 2 is 1.69 bits per heavy atom. The number of amides is 1. The Kier molecular flexibility index (Phi) is 7.52. The van der Waals surface area contributed by atoms with Crippen molar-refractivity contribution in [1.29, 1.82) is 0 Å². The van der Waals surface area contributed by atoms with Crippen molar-refractivity contribution in [2.75, 3.05) is 26.1 Å². The molecule has 0 saturated carbocycles. The summed E-state index contributed by atoms with van der Waals surface area (Å²) in [5.41, 5.74) is -0.866. The van der Waals surface area contributed by atoms with Crippen LogP contribution < -0.4 is 29.8 Å². The summed E-state index contributed by atoms with van der Waals surface area (Å²) in [6.45, 7) is 0.203. The molecule has 2 aromatic heterocycles. The zero-order chi connectivity index (χ0) is 31.9. The molecular formula is C32H23F4N3O6. The van der Waals surface area contributed by atoms with E-state index in [1.54, 1.807) is 18.2 Å². The van der Waals surface area contributed by atoms with Gasteiger partial charge in [-0.15, -0.1) is 0 Å². The Labute approximate surface area is 252 Å². The van der Waals surface area contributed by atoms with Crippen LogP contribution in [-0.4, -0.2) is 36.3 Å². The molecule has 0 aliphatic carbocycles. The van der Waals surface area contributed by atoms with Gasteiger partial charge in [0.25, 0.3) is 11.5 Å². The number of halogens is 4. The van der Waals surface area contributed by atoms with Crippen LogP contribution in [0.5, 0.6) is 28.7 Å². The molecule has 9 nitrogen and oxygen atoms in total. The average Bonchev–Trinajstić information content (AvgIpc) is 3.49. The molecule has 0 atom stereocenters. The van der Waals surface area contributed by atoms with Gasteiger partial charge in [-0.3, -0.25) is 19.1 Å². The molecule has 6 rings (SSSR count). The summed E-state index contributed by atoms with van der Waals surface area (Å²) < 4.78 is 77.6. The van der Waals surface area contributed by atoms with Crippen LogP contribution in [0.3, 0.4) is 0 Å². The van der Waals surface area contributed by atoms with Gasteiger partial charge < -0.3 is 24.3 Å². The average molecular weight is 622 g/mol. The van der Waals surface area contributed by atoms with E-state index >= 15 is 4.39 Å². The molecule has 0 radical (unpaired) electrons. The van der Waals surface area contributed by atoms with Gasteiger partial charge in [-0.25, -0.2) is 4.39 Å². The first-order valence-electron chi connectivity index (χ1n) is 13.5. The second kappa shape index (κ2) is 11.5. The number of benzene rings is 3. The van der Waals surface area contributed by atoms with Gasteiger partial charge in [0.15, 0.2) is 23.1 Å². The number of hydrogen-bond acceptors (Lipinski definition) is 7. The number of carbonyl (C=O) groups is 1. The van der Waals surface area contributed by atoms with Crippen molar-refractivity contribution in [2.45, 2.75) is 12.6 Å². The third-order valence-electron chi connectivity index (χ3n) is 7.17. The second-order valence-electron chi connectivity index (χ2n) is 9.91. The van der Waals surface area contributed by atoms with Gasteiger partial charge in [0.2, 0.25) is 0 Å². The molecule has 1 aliphatic rings. The highest BCUT2D eigenvalue weighted by Gasteiger charge is 2.31. The van der Waals surface area contributed by atoms with E-state index in [9.17, 15) is 22.8 Å². The minimum absolute atomic E-state index is 0.0203. The van der Waals surface area contributed by atoms with Crippen molar-refractivity contribution in [3.63, 3.8) is 0 Å². The van der Waals surface area contributed by atoms with Crippen LogP contribution in [-0.2, 0) is 12.6 Å². The van der Waals surface area contributed by atoms with E-state index in [4.69, 9.17) is 18.9 Å². The van der Waals surface area contributed by atoms with Crippen molar-refractivity contribution < 1.29 is 41.3 Å². The molecule has 230 valence electrons. The zero-order valence-corrected chi connectivity index (χ0v) is 23.7. The SMILES string of the molecule is COc1cc2nccc(Oc3ccc(NC(=O)c4c5c(cn(-c6ccc(C(F)(F)F)cc6)c4=O)CCO5)cc3F)c2cc1OC. The monoisotopic (exact) mass is 621 g/mol. The summed E-state index contributed by atoms with van der Waals surface area (Å²) in [4.78, 5) is 31.1. The topological polar surface area (TPSA) is 101 Å². The van der Waals surface area contributed by atoms with Crippen molar-refractivity contribution >= 4 is 22.5 Å². The normalized spacial score (nSPS) is 12.4. The number of anilines is 1. The van der Waals surface area contributed by atoms with E-state index in [1.165, 1.54) is 38.7 Å². The van der Waals surface area contributed by atoms with Gasteiger partial charge in [-0.1, -0.05) is 0 Å². The number of nitrogens with one attached hydrogen (secondary N) is 1. The maximum absolute atomic E-state index is 15.2. The van der Waals surface area contributed by atoms with Crippen molar-refractivity contribution in [1.82, 2.24) is 9.55 Å². The van der Waals surface area contributed by atoms with E-state index in [0.717, 1.165) is 34.9 Å². The minimum atomic E-state index is -4.55. The highest BCUT2D eigenvalue weighted by atomic mass is 19.4. The number of ether oxygens (including phenoxy) is 4. The van der Waals surface area contributed by atoms with Crippen molar-refractivity contribution in [2.24, 2.45) is 0 Å². The van der Waals surface area contributed by atoms with Crippen LogP contribution in [0, 0.1) is 5.82 Å². The predicted molar refractivity (Wildman–Crippen MR) is 156 cm³/mol. The number of rotatable bonds is 7. The third kappa shape index (κ3) is 5.59. The molecule has 1 aliphatic heterocycles. The minimum Gasteiger partial charge on any atom is -0.493 e. The van der Waals surface area contributed by atoms with Crippen LogP contribution >= 0.6 is 0 Å². The summed E-state index contributed by atoms with van der Waals surface area (Å²) in [7, 11) is 2.97. The van der Waals surface area contributed by atoms with Gasteiger partial charge in [0, 0.05) is 53.3 Å². The van der Waals surface area contributed by atoms with E-state index in [1.807, 2.05) is 0 Å². The highest BCUT2D eigenvalue weighted by Crippen LogP contribution is 2.38. The number of nitrogens with zero attached hydrogens (tertiary/aromatic N) is 2. The predicted octanol–water partition coefficient (Wildman–Crippen LogP) is 6.54. The summed E-state index contributed by atoms with van der Waals surface area (Å²) >= 11 is 0. The molecule has 0 fully saturated rings. The van der Waals surface area contributed by atoms with Gasteiger partial charge in [0.1, 0.15) is 17.1 Å². The molecule has 45 heavy (non-hydrogen) atoms. The fourth-order valence-corrected chi connectivity index (χ4v) is 4.97. The number of hydrogen-bond donors (Lipinski definition) is 1. The number of alkyl halides is 3. The summed E-state index contributed by atoms with van der Waals surface area (Å²) in [6, 6.07) is 12.6. The molecule has 0 bridgehead atoms. The Morgan fingerprint density at radius 3 is 2.38 bits per heavy atom. The Bertz CT molecular complexity index is 2010. The molecule has 0 spiro atoms. The first-order valence-corrected chi connectivity index (χ1v) is 13.5. The fourth-order valence-electron chi connectivity index (χ4n) is 4.97. The van der Waals surface area contributed by atoms with Crippen molar-refractivity contribution in [3.8, 4) is 34.4 Å². The standard InChI is InChI=1S/C32H23F4N3O6/c1-42-26-14-21-23(15-27(26)43-2)37-11-9-24(21)45-25-8-5-19(13-22(25)33)38-30(40)28-29-17(10-12-44-29)16-39(31(28)41)20-6-3-18(4-7-20)32(34,35)36/h3-9,11,13-16H,10,12H2,1-2H3,(H,38,40). The van der Waals surface area contributed by atoms with E-state index in [-0.39, 0.29) is 40.8 Å². The number of pyridine rings is 2. The molecule has 1 amide bonds. The second-order valence-corrected chi connectivity index (χ2v) is 9.91. The largest absolute Gasteiger partial charge is 0.493 e. The van der Waals surface area contributed by atoms with Crippen LogP contribution in [0.1, 0.15) is 21.5 Å². The van der Waals surface area contributed by atoms with Crippen LogP contribution in [0.15, 0.2) is 77.9 Å². The van der Waals surface area contributed by atoms with E-state index in [2.05, 4.69) is 10.3 Å². The lowest BCUT2D eigenvalue weighted by Crippen LogP contribution is -2.29. The van der Waals surface area contributed by atoms with Crippen molar-refractivity contribution in [3.05, 3.63) is 106 Å². The zero-order valence-electron chi connectivity index (χ0n) is 23.7. The summed E-state index contributed by atoms with van der Waals surface area (Å²) in [5, 5.41) is 3.05. The van der Waals surface area contributed by atoms with Crippen LogP contribution in [0.4, 0.5) is 23.2 Å². The maximum atomic E-state index is 15.2. The highest BCUT2D eigenvalue weighted by molar-refractivity contribution is 6.06. The van der Waals surface area contributed by atoms with Gasteiger partial charge in [0.05, 0.1) is 31.9 Å². The molecular weight excluding hydrogens is 598 g/mol. The number of fused-ring (bicyclic) bond motifs is 2. The quantitative estimate of drug-likeness (QED) is 0.206. The molecule has 0 unspecified atom stereocenters.